The molecule has 3 N–H and O–H groups in total. The van der Waals surface area contributed by atoms with Crippen LogP contribution in [0.5, 0.6) is 0 Å². The minimum atomic E-state index is -0.0543. The van der Waals surface area contributed by atoms with Crippen LogP contribution in [-0.2, 0) is 4.79 Å². The summed E-state index contributed by atoms with van der Waals surface area (Å²) in [5.74, 6) is 3.56. The van der Waals surface area contributed by atoms with Gasteiger partial charge in [-0.05, 0) is 61.5 Å². The van der Waals surface area contributed by atoms with E-state index in [0.717, 1.165) is 23.1 Å². The summed E-state index contributed by atoms with van der Waals surface area (Å²) in [5, 5.41) is 3.13. The Labute approximate surface area is 119 Å². The molecule has 0 aromatic heterocycles. The molecule has 0 radical (unpaired) electrons. The van der Waals surface area contributed by atoms with Crippen molar-refractivity contribution in [3.05, 3.63) is 29.8 Å². The van der Waals surface area contributed by atoms with Gasteiger partial charge in [0.1, 0.15) is 0 Å². The number of carbonyl (C=O) groups excluding carboxylic acids is 1. The summed E-state index contributed by atoms with van der Waals surface area (Å²) in [4.78, 5) is 12.5. The zero-order valence-corrected chi connectivity index (χ0v) is 11.9. The number of rotatable bonds is 3. The summed E-state index contributed by atoms with van der Waals surface area (Å²) < 4.78 is 0. The van der Waals surface area contributed by atoms with Crippen molar-refractivity contribution >= 4 is 11.6 Å². The number of benzene rings is 1. The van der Waals surface area contributed by atoms with Crippen LogP contribution in [0.4, 0.5) is 5.69 Å². The lowest BCUT2D eigenvalue weighted by atomic mass is 10.0. The Bertz CT molecular complexity index is 538. The Kier molecular flexibility index (Phi) is 2.68. The smallest absolute Gasteiger partial charge is 0.228 e. The molecule has 0 spiro atoms. The first kappa shape index (κ1) is 12.4. The van der Waals surface area contributed by atoms with Gasteiger partial charge in [0.2, 0.25) is 5.91 Å². The fourth-order valence-electron chi connectivity index (χ4n) is 4.90. The molecule has 3 aliphatic carbocycles. The molecule has 0 aliphatic heterocycles. The van der Waals surface area contributed by atoms with Crippen LogP contribution in [0, 0.1) is 29.6 Å². The van der Waals surface area contributed by atoms with Gasteiger partial charge in [0.15, 0.2) is 0 Å². The molecule has 3 nitrogen and oxygen atoms in total. The van der Waals surface area contributed by atoms with Gasteiger partial charge in [0.25, 0.3) is 0 Å². The minimum absolute atomic E-state index is 0.0543. The van der Waals surface area contributed by atoms with E-state index in [1.54, 1.807) is 0 Å². The van der Waals surface area contributed by atoms with Crippen LogP contribution in [0.15, 0.2) is 24.3 Å². The number of anilines is 1. The monoisotopic (exact) mass is 270 g/mol. The van der Waals surface area contributed by atoms with Crippen molar-refractivity contribution in [1.82, 2.24) is 0 Å². The maximum atomic E-state index is 12.5. The second kappa shape index (κ2) is 4.32. The van der Waals surface area contributed by atoms with E-state index < -0.39 is 0 Å². The Morgan fingerprint density at radius 3 is 2.55 bits per heavy atom. The van der Waals surface area contributed by atoms with E-state index in [4.69, 9.17) is 5.73 Å². The van der Waals surface area contributed by atoms with Gasteiger partial charge in [-0.25, -0.2) is 0 Å². The lowest BCUT2D eigenvalue weighted by Gasteiger charge is -2.15. The van der Waals surface area contributed by atoms with Crippen LogP contribution in [0.2, 0.25) is 0 Å². The van der Waals surface area contributed by atoms with Gasteiger partial charge in [0, 0.05) is 17.6 Å². The van der Waals surface area contributed by atoms with E-state index >= 15 is 0 Å². The third-order valence-electron chi connectivity index (χ3n) is 5.75. The molecule has 0 saturated heterocycles. The van der Waals surface area contributed by atoms with Crippen molar-refractivity contribution in [3.8, 4) is 0 Å². The molecule has 20 heavy (non-hydrogen) atoms. The topological polar surface area (TPSA) is 55.1 Å². The standard InChI is InChI=1S/C17H22N2O/c1-9(18)12-4-2-3-5-13(12)19-17(20)16-14-10-6-7-11(8-10)15(14)16/h2-5,9-11,14-16H,6-8,18H2,1H3,(H,19,20). The molecule has 3 heteroatoms. The maximum absolute atomic E-state index is 12.5. The molecular formula is C17H22N2O. The fraction of sp³-hybridized carbons (Fsp3) is 0.588. The van der Waals surface area contributed by atoms with Gasteiger partial charge in [-0.1, -0.05) is 18.2 Å². The van der Waals surface area contributed by atoms with Gasteiger partial charge < -0.3 is 11.1 Å². The highest BCUT2D eigenvalue weighted by Crippen LogP contribution is 2.69. The van der Waals surface area contributed by atoms with E-state index in [1.165, 1.54) is 19.3 Å². The summed E-state index contributed by atoms with van der Waals surface area (Å²) in [6.07, 6.45) is 4.09. The number of hydrogen-bond acceptors (Lipinski definition) is 2. The molecule has 3 aliphatic rings. The maximum Gasteiger partial charge on any atom is 0.228 e. The van der Waals surface area contributed by atoms with Gasteiger partial charge in [-0.3, -0.25) is 4.79 Å². The Morgan fingerprint density at radius 1 is 1.25 bits per heavy atom. The summed E-state index contributed by atoms with van der Waals surface area (Å²) in [7, 11) is 0. The van der Waals surface area contributed by atoms with E-state index in [1.807, 2.05) is 31.2 Å². The van der Waals surface area contributed by atoms with E-state index in [-0.39, 0.29) is 17.9 Å². The van der Waals surface area contributed by atoms with Crippen LogP contribution in [-0.4, -0.2) is 5.91 Å². The fourth-order valence-corrected chi connectivity index (χ4v) is 4.90. The number of hydrogen-bond donors (Lipinski definition) is 2. The highest BCUT2D eigenvalue weighted by Gasteiger charge is 2.67. The Hall–Kier alpha value is -1.35. The molecule has 1 aromatic carbocycles. The summed E-state index contributed by atoms with van der Waals surface area (Å²) in [6.45, 7) is 1.96. The van der Waals surface area contributed by atoms with Crippen molar-refractivity contribution in [2.75, 3.05) is 5.32 Å². The zero-order chi connectivity index (χ0) is 13.9. The van der Waals surface area contributed by atoms with Crippen molar-refractivity contribution < 1.29 is 4.79 Å². The highest BCUT2D eigenvalue weighted by molar-refractivity contribution is 5.95. The van der Waals surface area contributed by atoms with Gasteiger partial charge in [-0.15, -0.1) is 0 Å². The van der Waals surface area contributed by atoms with Crippen molar-refractivity contribution in [3.63, 3.8) is 0 Å². The van der Waals surface area contributed by atoms with Gasteiger partial charge in [-0.2, -0.15) is 0 Å². The second-order valence-corrected chi connectivity index (χ2v) is 6.88. The Morgan fingerprint density at radius 2 is 1.90 bits per heavy atom. The molecular weight excluding hydrogens is 248 g/mol. The van der Waals surface area contributed by atoms with Crippen LogP contribution >= 0.6 is 0 Å². The van der Waals surface area contributed by atoms with Crippen molar-refractivity contribution in [1.29, 1.82) is 0 Å². The predicted molar refractivity (Wildman–Crippen MR) is 79.0 cm³/mol. The summed E-state index contributed by atoms with van der Waals surface area (Å²) in [5.41, 5.74) is 7.89. The van der Waals surface area contributed by atoms with Crippen molar-refractivity contribution in [2.24, 2.45) is 35.3 Å². The molecule has 5 unspecified atom stereocenters. The third kappa shape index (κ3) is 1.72. The van der Waals surface area contributed by atoms with Gasteiger partial charge in [0.05, 0.1) is 0 Å². The summed E-state index contributed by atoms with van der Waals surface area (Å²) >= 11 is 0. The highest BCUT2D eigenvalue weighted by atomic mass is 16.2. The molecule has 1 amide bonds. The molecule has 2 bridgehead atoms. The molecule has 3 saturated carbocycles. The number of fused-ring (bicyclic) bond motifs is 5. The normalized spacial score (nSPS) is 38.4. The minimum Gasteiger partial charge on any atom is -0.326 e. The lowest BCUT2D eigenvalue weighted by Crippen LogP contribution is -2.20. The number of para-hydroxylation sites is 1. The number of nitrogens with one attached hydrogen (secondary N) is 1. The molecule has 0 heterocycles. The average molecular weight is 270 g/mol. The molecule has 5 atom stereocenters. The summed E-state index contributed by atoms with van der Waals surface area (Å²) in [6, 6.07) is 7.84. The molecule has 3 fully saturated rings. The van der Waals surface area contributed by atoms with Crippen LogP contribution in [0.3, 0.4) is 0 Å². The molecule has 1 aromatic rings. The quantitative estimate of drug-likeness (QED) is 0.887. The predicted octanol–water partition coefficient (Wildman–Crippen LogP) is 2.94. The Balaban J connectivity index is 1.49. The zero-order valence-electron chi connectivity index (χ0n) is 11.9. The lowest BCUT2D eigenvalue weighted by molar-refractivity contribution is -0.118. The van der Waals surface area contributed by atoms with Crippen LogP contribution in [0.25, 0.3) is 0 Å². The van der Waals surface area contributed by atoms with E-state index in [0.29, 0.717) is 11.8 Å². The SMILES string of the molecule is CC(N)c1ccccc1NC(=O)C1C2C3CCC(C3)C12. The van der Waals surface area contributed by atoms with E-state index in [9.17, 15) is 4.79 Å². The third-order valence-corrected chi connectivity index (χ3v) is 5.75. The molecule has 4 rings (SSSR count). The average Bonchev–Trinajstić information content (AvgIpc) is 2.88. The molecule has 106 valence electrons. The van der Waals surface area contributed by atoms with E-state index in [2.05, 4.69) is 5.32 Å². The number of carbonyl (C=O) groups is 1. The van der Waals surface area contributed by atoms with Gasteiger partial charge >= 0.3 is 0 Å². The van der Waals surface area contributed by atoms with Crippen molar-refractivity contribution in [2.45, 2.75) is 32.2 Å². The number of nitrogens with two attached hydrogens (primary N) is 1. The largest absolute Gasteiger partial charge is 0.326 e. The van der Waals surface area contributed by atoms with Crippen LogP contribution < -0.4 is 11.1 Å². The first-order chi connectivity index (χ1) is 9.66. The first-order valence-electron chi connectivity index (χ1n) is 7.82. The van der Waals surface area contributed by atoms with Crippen LogP contribution in [0.1, 0.15) is 37.8 Å². The number of amides is 1. The second-order valence-electron chi connectivity index (χ2n) is 6.88. The first-order valence-corrected chi connectivity index (χ1v) is 7.82.